The number of imidazole rings is 1. The van der Waals surface area contributed by atoms with Gasteiger partial charge in [-0.3, -0.25) is 4.57 Å². The minimum atomic E-state index is 0.382. The summed E-state index contributed by atoms with van der Waals surface area (Å²) in [6, 6.07) is 21.9. The van der Waals surface area contributed by atoms with E-state index in [1.165, 1.54) is 0 Å². The van der Waals surface area contributed by atoms with Crippen molar-refractivity contribution in [2.75, 3.05) is 0 Å². The van der Waals surface area contributed by atoms with E-state index in [1.54, 1.807) is 30.2 Å². The Balaban J connectivity index is 1.47. The fraction of sp³-hybridized carbons (Fsp3) is 0.0500. The van der Waals surface area contributed by atoms with Crippen LogP contribution in [0.2, 0.25) is 0 Å². The summed E-state index contributed by atoms with van der Waals surface area (Å²) in [5.41, 5.74) is 3.08. The molecule has 0 aliphatic rings. The van der Waals surface area contributed by atoms with Crippen molar-refractivity contribution in [2.24, 2.45) is 0 Å². The number of rotatable bonds is 5. The van der Waals surface area contributed by atoms with Crippen LogP contribution in [-0.2, 0) is 5.75 Å². The van der Waals surface area contributed by atoms with Crippen molar-refractivity contribution in [2.45, 2.75) is 10.9 Å². The summed E-state index contributed by atoms with van der Waals surface area (Å²) >= 11 is 1.56. The summed E-state index contributed by atoms with van der Waals surface area (Å²) < 4.78 is 13.1. The largest absolute Gasteiger partial charge is 0.459 e. The third kappa shape index (κ3) is 3.02. The normalized spacial score (nSPS) is 11.3. The molecule has 5 rings (SSSR count). The Kier molecular flexibility index (Phi) is 3.99. The zero-order valence-electron chi connectivity index (χ0n) is 14.1. The van der Waals surface area contributed by atoms with E-state index in [1.807, 2.05) is 36.4 Å². The number of fused-ring (bicyclic) bond motifs is 1. The zero-order valence-corrected chi connectivity index (χ0v) is 15.0. The smallest absolute Gasteiger partial charge is 0.283 e. The molecule has 0 N–H and O–H groups in total. The van der Waals surface area contributed by atoms with Gasteiger partial charge in [-0.2, -0.15) is 0 Å². The molecule has 0 unspecified atom stereocenters. The highest BCUT2D eigenvalue weighted by Gasteiger charge is 2.15. The molecule has 0 fully saturated rings. The quantitative estimate of drug-likeness (QED) is 0.405. The summed E-state index contributed by atoms with van der Waals surface area (Å²) in [6.07, 6.45) is 1.58. The summed E-state index contributed by atoms with van der Waals surface area (Å²) in [6.45, 7) is 0. The SMILES string of the molecule is c1ccc(-n2c(SCc3nnc(-c4ccco4)o3)nc3ccccc32)cc1. The lowest BCUT2D eigenvalue weighted by Gasteiger charge is -2.08. The van der Waals surface area contributed by atoms with Gasteiger partial charge < -0.3 is 8.83 Å². The van der Waals surface area contributed by atoms with Gasteiger partial charge in [0.05, 0.1) is 23.0 Å². The molecule has 0 aliphatic heterocycles. The lowest BCUT2D eigenvalue weighted by Crippen LogP contribution is -1.96. The molecule has 0 amide bonds. The van der Waals surface area contributed by atoms with Gasteiger partial charge in [0.2, 0.25) is 5.89 Å². The van der Waals surface area contributed by atoms with E-state index in [0.29, 0.717) is 23.3 Å². The fourth-order valence-electron chi connectivity index (χ4n) is 2.87. The maximum Gasteiger partial charge on any atom is 0.283 e. The van der Waals surface area contributed by atoms with Gasteiger partial charge in [0.25, 0.3) is 5.89 Å². The van der Waals surface area contributed by atoms with Crippen molar-refractivity contribution in [3.63, 3.8) is 0 Å². The first-order valence-electron chi connectivity index (χ1n) is 8.40. The first-order valence-corrected chi connectivity index (χ1v) is 9.39. The third-order valence-corrected chi connectivity index (χ3v) is 4.99. The number of aromatic nitrogens is 4. The van der Waals surface area contributed by atoms with Crippen LogP contribution in [0.1, 0.15) is 5.89 Å². The predicted molar refractivity (Wildman–Crippen MR) is 103 cm³/mol. The molecule has 7 heteroatoms. The van der Waals surface area contributed by atoms with Crippen LogP contribution in [0.25, 0.3) is 28.4 Å². The molecule has 2 aromatic carbocycles. The minimum absolute atomic E-state index is 0.382. The Morgan fingerprint density at radius 3 is 2.59 bits per heavy atom. The summed E-state index contributed by atoms with van der Waals surface area (Å²) in [5, 5.41) is 9.03. The first kappa shape index (κ1) is 15.9. The highest BCUT2D eigenvalue weighted by molar-refractivity contribution is 7.98. The van der Waals surface area contributed by atoms with Gasteiger partial charge >= 0.3 is 0 Å². The van der Waals surface area contributed by atoms with Crippen molar-refractivity contribution in [3.8, 4) is 17.3 Å². The molecule has 5 aromatic rings. The monoisotopic (exact) mass is 374 g/mol. The van der Waals surface area contributed by atoms with Crippen molar-refractivity contribution < 1.29 is 8.83 Å². The van der Waals surface area contributed by atoms with Crippen molar-refractivity contribution in [1.29, 1.82) is 0 Å². The van der Waals surface area contributed by atoms with Crippen molar-refractivity contribution >= 4 is 22.8 Å². The highest BCUT2D eigenvalue weighted by atomic mass is 32.2. The Labute approximate surface area is 158 Å². The fourth-order valence-corrected chi connectivity index (χ4v) is 3.73. The molecule has 0 saturated carbocycles. The Bertz CT molecular complexity index is 1180. The molecule has 3 aromatic heterocycles. The Hall–Kier alpha value is -3.32. The molecular weight excluding hydrogens is 360 g/mol. The number of thioether (sulfide) groups is 1. The molecule has 0 radical (unpaired) electrons. The molecule has 6 nitrogen and oxygen atoms in total. The van der Waals surface area contributed by atoms with E-state index in [0.717, 1.165) is 21.9 Å². The predicted octanol–water partition coefficient (Wildman–Crippen LogP) is 4.96. The number of benzene rings is 2. The first-order chi connectivity index (χ1) is 13.4. The second-order valence-electron chi connectivity index (χ2n) is 5.82. The Morgan fingerprint density at radius 1 is 0.889 bits per heavy atom. The molecular formula is C20H14N4O2S. The van der Waals surface area contributed by atoms with E-state index >= 15 is 0 Å². The van der Waals surface area contributed by atoms with Crippen LogP contribution in [-0.4, -0.2) is 19.7 Å². The van der Waals surface area contributed by atoms with E-state index in [4.69, 9.17) is 13.8 Å². The average Bonchev–Trinajstić information content (AvgIpc) is 3.45. The molecule has 27 heavy (non-hydrogen) atoms. The second-order valence-corrected chi connectivity index (χ2v) is 6.76. The van der Waals surface area contributed by atoms with Gasteiger partial charge in [0.1, 0.15) is 0 Å². The van der Waals surface area contributed by atoms with Crippen LogP contribution < -0.4 is 0 Å². The second kappa shape index (κ2) is 6.77. The van der Waals surface area contributed by atoms with Gasteiger partial charge in [-0.05, 0) is 36.4 Å². The van der Waals surface area contributed by atoms with Crippen LogP contribution >= 0.6 is 11.8 Å². The molecule has 0 spiro atoms. The lowest BCUT2D eigenvalue weighted by molar-refractivity contribution is 0.494. The third-order valence-electron chi connectivity index (χ3n) is 4.07. The van der Waals surface area contributed by atoms with Gasteiger partial charge in [-0.25, -0.2) is 4.98 Å². The molecule has 0 saturated heterocycles. The Morgan fingerprint density at radius 2 is 1.74 bits per heavy atom. The van der Waals surface area contributed by atoms with E-state index < -0.39 is 0 Å². The van der Waals surface area contributed by atoms with Crippen LogP contribution in [0.15, 0.2) is 87.0 Å². The van der Waals surface area contributed by atoms with E-state index in [9.17, 15) is 0 Å². The van der Waals surface area contributed by atoms with Crippen LogP contribution in [0.3, 0.4) is 0 Å². The molecule has 0 bridgehead atoms. The van der Waals surface area contributed by atoms with Gasteiger partial charge in [0, 0.05) is 5.69 Å². The summed E-state index contributed by atoms with van der Waals surface area (Å²) in [5.74, 6) is 1.99. The van der Waals surface area contributed by atoms with Gasteiger partial charge in [-0.15, -0.1) is 10.2 Å². The molecule has 132 valence electrons. The number of hydrogen-bond acceptors (Lipinski definition) is 6. The van der Waals surface area contributed by atoms with E-state index in [2.05, 4.69) is 33.0 Å². The summed E-state index contributed by atoms with van der Waals surface area (Å²) in [4.78, 5) is 4.78. The maximum atomic E-state index is 5.70. The summed E-state index contributed by atoms with van der Waals surface area (Å²) in [7, 11) is 0. The number of nitrogens with zero attached hydrogens (tertiary/aromatic N) is 4. The van der Waals surface area contributed by atoms with Gasteiger partial charge in [0.15, 0.2) is 10.9 Å². The van der Waals surface area contributed by atoms with Crippen molar-refractivity contribution in [3.05, 3.63) is 78.9 Å². The molecule has 3 heterocycles. The van der Waals surface area contributed by atoms with Crippen LogP contribution in [0.4, 0.5) is 0 Å². The number of hydrogen-bond donors (Lipinski definition) is 0. The molecule has 0 aliphatic carbocycles. The minimum Gasteiger partial charge on any atom is -0.459 e. The average molecular weight is 374 g/mol. The number of furan rings is 1. The topological polar surface area (TPSA) is 69.9 Å². The number of para-hydroxylation sites is 3. The molecule has 0 atom stereocenters. The maximum absolute atomic E-state index is 5.70. The van der Waals surface area contributed by atoms with Crippen LogP contribution in [0, 0.1) is 0 Å². The zero-order chi connectivity index (χ0) is 18.1. The van der Waals surface area contributed by atoms with Gasteiger partial charge in [-0.1, -0.05) is 42.1 Å². The standard InChI is InChI=1S/C20H14N4O2S/c1-2-7-14(8-3-1)24-16-10-5-4-9-15(16)21-20(24)27-13-18-22-23-19(26-18)17-11-6-12-25-17/h1-12H,13H2. The lowest BCUT2D eigenvalue weighted by atomic mass is 10.3. The van der Waals surface area contributed by atoms with Crippen LogP contribution in [0.5, 0.6) is 0 Å². The highest BCUT2D eigenvalue weighted by Crippen LogP contribution is 2.30. The van der Waals surface area contributed by atoms with Crippen molar-refractivity contribution in [1.82, 2.24) is 19.7 Å². The van der Waals surface area contributed by atoms with E-state index in [-0.39, 0.29) is 0 Å².